The third kappa shape index (κ3) is 7.65. The van der Waals surface area contributed by atoms with Crippen LogP contribution >= 0.6 is 12.4 Å². The Kier molecular flexibility index (Phi) is 10.4. The number of ether oxygens (including phenoxy) is 1. The predicted molar refractivity (Wildman–Crippen MR) is 97.7 cm³/mol. The molecule has 144 valence electrons. The third-order valence-electron chi connectivity index (χ3n) is 3.78. The molecular formula is C15H32ClN3O4S. The zero-order valence-corrected chi connectivity index (χ0v) is 16.7. The molecule has 1 saturated heterocycles. The maximum absolute atomic E-state index is 12.2. The van der Waals surface area contributed by atoms with Crippen molar-refractivity contribution in [2.24, 2.45) is 11.7 Å². The number of nitrogens with zero attached hydrogens (tertiary/aromatic N) is 2. The topological polar surface area (TPSA) is 92.9 Å². The molecule has 0 unspecified atom stereocenters. The molecule has 0 aromatic rings. The van der Waals surface area contributed by atoms with Crippen molar-refractivity contribution < 1.29 is 17.9 Å². The molecule has 0 radical (unpaired) electrons. The lowest BCUT2D eigenvalue weighted by Crippen LogP contribution is -2.54. The standard InChI is InChI=1S/C15H31N3O4S.ClH/c1-12(2)11-14(16)15(19)17-5-7-18(8-6-17)23(20,21)10-9-22-13(3)4;/h12-14H,5-11,16H2,1-4H3;1H/t14-;/m0./s1. The van der Waals surface area contributed by atoms with E-state index < -0.39 is 16.1 Å². The number of rotatable bonds is 8. The van der Waals surface area contributed by atoms with Crippen molar-refractivity contribution in [3.63, 3.8) is 0 Å². The monoisotopic (exact) mass is 385 g/mol. The van der Waals surface area contributed by atoms with Crippen LogP contribution in [0.4, 0.5) is 0 Å². The molecule has 0 bridgehead atoms. The second kappa shape index (κ2) is 10.6. The summed E-state index contributed by atoms with van der Waals surface area (Å²) in [6.45, 7) is 9.43. The molecule has 1 atom stereocenters. The average Bonchev–Trinajstić information content (AvgIpc) is 2.45. The fourth-order valence-corrected chi connectivity index (χ4v) is 3.83. The molecular weight excluding hydrogens is 354 g/mol. The fourth-order valence-electron chi connectivity index (χ4n) is 2.55. The van der Waals surface area contributed by atoms with Crippen LogP contribution in [0.1, 0.15) is 34.1 Å². The van der Waals surface area contributed by atoms with Gasteiger partial charge in [-0.25, -0.2) is 8.42 Å². The van der Waals surface area contributed by atoms with E-state index in [1.54, 1.807) is 4.90 Å². The van der Waals surface area contributed by atoms with Gasteiger partial charge in [0.1, 0.15) is 0 Å². The Morgan fingerprint density at radius 1 is 1.12 bits per heavy atom. The lowest BCUT2D eigenvalue weighted by atomic mass is 10.0. The molecule has 0 aromatic carbocycles. The van der Waals surface area contributed by atoms with Crippen molar-refractivity contribution in [1.29, 1.82) is 0 Å². The number of piperazine rings is 1. The number of carbonyl (C=O) groups excluding carboxylic acids is 1. The number of hydrogen-bond acceptors (Lipinski definition) is 5. The van der Waals surface area contributed by atoms with Crippen LogP contribution in [0.25, 0.3) is 0 Å². The first-order chi connectivity index (χ1) is 10.6. The molecule has 1 heterocycles. The van der Waals surface area contributed by atoms with E-state index in [0.29, 0.717) is 38.5 Å². The van der Waals surface area contributed by atoms with E-state index in [4.69, 9.17) is 10.5 Å². The zero-order valence-electron chi connectivity index (χ0n) is 15.1. The van der Waals surface area contributed by atoms with Gasteiger partial charge in [0.2, 0.25) is 15.9 Å². The summed E-state index contributed by atoms with van der Waals surface area (Å²) in [4.78, 5) is 13.9. The minimum atomic E-state index is -3.33. The van der Waals surface area contributed by atoms with Crippen molar-refractivity contribution in [2.75, 3.05) is 38.5 Å². The predicted octanol–water partition coefficient (Wildman–Crippen LogP) is 0.681. The second-order valence-corrected chi connectivity index (χ2v) is 8.78. The fraction of sp³-hybridized carbons (Fsp3) is 0.933. The molecule has 0 spiro atoms. The summed E-state index contributed by atoms with van der Waals surface area (Å²) in [5.41, 5.74) is 5.92. The second-order valence-electron chi connectivity index (χ2n) is 6.70. The first-order valence-electron chi connectivity index (χ1n) is 8.27. The highest BCUT2D eigenvalue weighted by Crippen LogP contribution is 2.12. The van der Waals surface area contributed by atoms with Gasteiger partial charge in [-0.1, -0.05) is 13.8 Å². The van der Waals surface area contributed by atoms with E-state index in [9.17, 15) is 13.2 Å². The van der Waals surface area contributed by atoms with Gasteiger partial charge in [-0.15, -0.1) is 12.4 Å². The van der Waals surface area contributed by atoms with Crippen molar-refractivity contribution in [3.8, 4) is 0 Å². The first kappa shape index (κ1) is 23.6. The molecule has 0 saturated carbocycles. The maximum Gasteiger partial charge on any atom is 0.239 e. The van der Waals surface area contributed by atoms with E-state index in [0.717, 1.165) is 0 Å². The lowest BCUT2D eigenvalue weighted by molar-refractivity contribution is -0.134. The van der Waals surface area contributed by atoms with Crippen LogP contribution in [0.3, 0.4) is 0 Å². The minimum absolute atomic E-state index is 0. The van der Waals surface area contributed by atoms with Gasteiger partial charge in [-0.2, -0.15) is 4.31 Å². The zero-order chi connectivity index (χ0) is 17.6. The molecule has 1 rings (SSSR count). The van der Waals surface area contributed by atoms with Crippen molar-refractivity contribution in [1.82, 2.24) is 9.21 Å². The van der Waals surface area contributed by atoms with Crippen LogP contribution in [-0.2, 0) is 19.6 Å². The van der Waals surface area contributed by atoms with E-state index >= 15 is 0 Å². The third-order valence-corrected chi connectivity index (χ3v) is 5.61. The largest absolute Gasteiger partial charge is 0.378 e. The van der Waals surface area contributed by atoms with E-state index in [2.05, 4.69) is 0 Å². The van der Waals surface area contributed by atoms with Crippen LogP contribution in [0, 0.1) is 5.92 Å². The van der Waals surface area contributed by atoms with E-state index in [-0.39, 0.29) is 36.8 Å². The average molecular weight is 386 g/mol. The van der Waals surface area contributed by atoms with Crippen LogP contribution in [-0.4, -0.2) is 74.2 Å². The highest BCUT2D eigenvalue weighted by atomic mass is 35.5. The summed E-state index contributed by atoms with van der Waals surface area (Å²) >= 11 is 0. The van der Waals surface area contributed by atoms with E-state index in [1.165, 1.54) is 4.31 Å². The van der Waals surface area contributed by atoms with Crippen LogP contribution < -0.4 is 5.73 Å². The van der Waals surface area contributed by atoms with Gasteiger partial charge in [0.25, 0.3) is 0 Å². The number of sulfonamides is 1. The molecule has 1 aliphatic heterocycles. The molecule has 2 N–H and O–H groups in total. The Morgan fingerprint density at radius 2 is 1.67 bits per heavy atom. The highest BCUT2D eigenvalue weighted by molar-refractivity contribution is 7.89. The smallest absolute Gasteiger partial charge is 0.239 e. The number of carbonyl (C=O) groups is 1. The highest BCUT2D eigenvalue weighted by Gasteiger charge is 2.30. The molecule has 7 nitrogen and oxygen atoms in total. The van der Waals surface area contributed by atoms with Crippen molar-refractivity contribution >= 4 is 28.3 Å². The van der Waals surface area contributed by atoms with Gasteiger partial charge < -0.3 is 15.4 Å². The Morgan fingerprint density at radius 3 is 2.12 bits per heavy atom. The molecule has 1 amide bonds. The molecule has 0 aliphatic carbocycles. The summed E-state index contributed by atoms with van der Waals surface area (Å²) in [7, 11) is -3.33. The first-order valence-corrected chi connectivity index (χ1v) is 9.88. The number of hydrogen-bond donors (Lipinski definition) is 1. The van der Waals surface area contributed by atoms with Gasteiger partial charge >= 0.3 is 0 Å². The van der Waals surface area contributed by atoms with Gasteiger partial charge in [-0.3, -0.25) is 4.79 Å². The number of halogens is 1. The lowest BCUT2D eigenvalue weighted by Gasteiger charge is -2.35. The van der Waals surface area contributed by atoms with Gasteiger partial charge in [-0.05, 0) is 26.2 Å². The van der Waals surface area contributed by atoms with Crippen LogP contribution in [0.15, 0.2) is 0 Å². The Bertz CT molecular complexity index is 477. The summed E-state index contributed by atoms with van der Waals surface area (Å²) in [5.74, 6) is 0.252. The van der Waals surface area contributed by atoms with Gasteiger partial charge in [0, 0.05) is 26.2 Å². The molecule has 0 aromatic heterocycles. The van der Waals surface area contributed by atoms with Crippen LogP contribution in [0.2, 0.25) is 0 Å². The molecule has 1 aliphatic rings. The minimum Gasteiger partial charge on any atom is -0.378 e. The summed E-state index contributed by atoms with van der Waals surface area (Å²) in [6, 6.07) is -0.502. The molecule has 1 fully saturated rings. The molecule has 9 heteroatoms. The summed E-state index contributed by atoms with van der Waals surface area (Å²) in [5, 5.41) is 0. The Hall–Kier alpha value is -0.410. The van der Waals surface area contributed by atoms with Gasteiger partial charge in [0.05, 0.1) is 24.5 Å². The Labute approximate surface area is 152 Å². The molecule has 24 heavy (non-hydrogen) atoms. The normalized spacial score (nSPS) is 17.9. The SMILES string of the molecule is CC(C)C[C@H](N)C(=O)N1CCN(S(=O)(=O)CCOC(C)C)CC1.Cl. The quantitative estimate of drug-likeness (QED) is 0.663. The van der Waals surface area contributed by atoms with Gasteiger partial charge in [0.15, 0.2) is 0 Å². The Balaban J connectivity index is 0.00000529. The number of nitrogens with two attached hydrogens (primary N) is 1. The number of amides is 1. The summed E-state index contributed by atoms with van der Waals surface area (Å²) in [6.07, 6.45) is 0.659. The van der Waals surface area contributed by atoms with Crippen LogP contribution in [0.5, 0.6) is 0 Å². The van der Waals surface area contributed by atoms with E-state index in [1.807, 2.05) is 27.7 Å². The maximum atomic E-state index is 12.2. The summed E-state index contributed by atoms with van der Waals surface area (Å²) < 4.78 is 31.2. The van der Waals surface area contributed by atoms with Crippen molar-refractivity contribution in [3.05, 3.63) is 0 Å². The van der Waals surface area contributed by atoms with Crippen molar-refractivity contribution in [2.45, 2.75) is 46.3 Å².